The van der Waals surface area contributed by atoms with E-state index in [4.69, 9.17) is 0 Å². The van der Waals surface area contributed by atoms with E-state index in [1.54, 1.807) is 0 Å². The molecule has 0 saturated carbocycles. The van der Waals surface area contributed by atoms with Gasteiger partial charge in [-0.05, 0) is 12.8 Å². The molecule has 1 unspecified atom stereocenters. The van der Waals surface area contributed by atoms with Crippen molar-refractivity contribution in [2.45, 2.75) is 96.8 Å². The second-order valence-corrected chi connectivity index (χ2v) is 6.93. The standard InChI is InChI=1S/C19H36N2/c1-5-7-9-11-13-15-19(3,14-12-10-8-6-2)18-16-20-17-21(18)4/h16-17H,5-15H2,1-4H3. The van der Waals surface area contributed by atoms with Crippen molar-refractivity contribution in [3.8, 4) is 0 Å². The Labute approximate surface area is 132 Å². The van der Waals surface area contributed by atoms with Gasteiger partial charge in [0.1, 0.15) is 0 Å². The molecule has 21 heavy (non-hydrogen) atoms. The maximum atomic E-state index is 4.35. The zero-order valence-electron chi connectivity index (χ0n) is 14.8. The number of aromatic nitrogens is 2. The van der Waals surface area contributed by atoms with Crippen molar-refractivity contribution < 1.29 is 0 Å². The van der Waals surface area contributed by atoms with Gasteiger partial charge in [0.25, 0.3) is 0 Å². The van der Waals surface area contributed by atoms with Gasteiger partial charge in [-0.25, -0.2) is 4.98 Å². The fourth-order valence-corrected chi connectivity index (χ4v) is 3.38. The van der Waals surface area contributed by atoms with E-state index in [1.165, 1.54) is 76.3 Å². The van der Waals surface area contributed by atoms with Crippen LogP contribution in [-0.2, 0) is 12.5 Å². The van der Waals surface area contributed by atoms with Crippen LogP contribution in [0.25, 0.3) is 0 Å². The molecule has 2 heteroatoms. The Morgan fingerprint density at radius 1 is 0.905 bits per heavy atom. The molecule has 0 aliphatic rings. The van der Waals surface area contributed by atoms with Gasteiger partial charge in [0.05, 0.1) is 6.33 Å². The van der Waals surface area contributed by atoms with Crippen LogP contribution in [0.2, 0.25) is 0 Å². The molecule has 0 aliphatic carbocycles. The Balaban J connectivity index is 2.55. The zero-order chi connectivity index (χ0) is 15.6. The first-order chi connectivity index (χ1) is 10.1. The maximum Gasteiger partial charge on any atom is 0.0945 e. The van der Waals surface area contributed by atoms with Crippen molar-refractivity contribution in [2.75, 3.05) is 0 Å². The Kier molecular flexibility index (Phi) is 8.72. The predicted molar refractivity (Wildman–Crippen MR) is 92.7 cm³/mol. The van der Waals surface area contributed by atoms with Crippen LogP contribution in [0.1, 0.15) is 97.1 Å². The summed E-state index contributed by atoms with van der Waals surface area (Å²) in [4.78, 5) is 4.35. The molecule has 1 heterocycles. The molecule has 1 atom stereocenters. The van der Waals surface area contributed by atoms with Crippen LogP contribution in [-0.4, -0.2) is 9.55 Å². The largest absolute Gasteiger partial charge is 0.337 e. The molecule has 1 aromatic rings. The highest BCUT2D eigenvalue weighted by atomic mass is 15.0. The quantitative estimate of drug-likeness (QED) is 0.431. The minimum atomic E-state index is 0.311. The summed E-state index contributed by atoms with van der Waals surface area (Å²) in [5.74, 6) is 0. The highest BCUT2D eigenvalue weighted by molar-refractivity contribution is 5.13. The third-order valence-corrected chi connectivity index (χ3v) is 4.85. The summed E-state index contributed by atoms with van der Waals surface area (Å²) < 4.78 is 2.23. The Hall–Kier alpha value is -0.790. The van der Waals surface area contributed by atoms with Crippen molar-refractivity contribution >= 4 is 0 Å². The van der Waals surface area contributed by atoms with E-state index in [-0.39, 0.29) is 0 Å². The normalized spacial score (nSPS) is 14.3. The van der Waals surface area contributed by atoms with Crippen LogP contribution in [0.15, 0.2) is 12.5 Å². The van der Waals surface area contributed by atoms with Gasteiger partial charge < -0.3 is 4.57 Å². The highest BCUT2D eigenvalue weighted by Gasteiger charge is 2.28. The van der Waals surface area contributed by atoms with Gasteiger partial charge in [-0.15, -0.1) is 0 Å². The monoisotopic (exact) mass is 292 g/mol. The number of nitrogens with zero attached hydrogens (tertiary/aromatic N) is 2. The van der Waals surface area contributed by atoms with E-state index >= 15 is 0 Å². The lowest BCUT2D eigenvalue weighted by atomic mass is 9.77. The summed E-state index contributed by atoms with van der Waals surface area (Å²) in [5, 5.41) is 0. The van der Waals surface area contributed by atoms with Gasteiger partial charge in [0.2, 0.25) is 0 Å². The summed E-state index contributed by atoms with van der Waals surface area (Å²) in [7, 11) is 2.14. The summed E-state index contributed by atoms with van der Waals surface area (Å²) >= 11 is 0. The summed E-state index contributed by atoms with van der Waals surface area (Å²) in [6, 6.07) is 0. The molecule has 2 nitrogen and oxygen atoms in total. The first kappa shape index (κ1) is 18.3. The minimum Gasteiger partial charge on any atom is -0.337 e. The Morgan fingerprint density at radius 2 is 1.43 bits per heavy atom. The van der Waals surface area contributed by atoms with Crippen molar-refractivity contribution in [3.05, 3.63) is 18.2 Å². The molecule has 0 aliphatic heterocycles. The van der Waals surface area contributed by atoms with Gasteiger partial charge in [-0.2, -0.15) is 0 Å². The molecule has 0 saturated heterocycles. The van der Waals surface area contributed by atoms with E-state index in [2.05, 4.69) is 43.6 Å². The molecule has 122 valence electrons. The first-order valence-electron chi connectivity index (χ1n) is 9.11. The molecule has 0 bridgehead atoms. The number of hydrogen-bond donors (Lipinski definition) is 0. The summed E-state index contributed by atoms with van der Waals surface area (Å²) in [5.41, 5.74) is 1.74. The number of rotatable bonds is 12. The Morgan fingerprint density at radius 3 is 1.90 bits per heavy atom. The number of aryl methyl sites for hydroxylation is 1. The summed E-state index contributed by atoms with van der Waals surface area (Å²) in [6.07, 6.45) is 18.9. The lowest BCUT2D eigenvalue weighted by Crippen LogP contribution is -2.25. The summed E-state index contributed by atoms with van der Waals surface area (Å²) in [6.45, 7) is 7.03. The second kappa shape index (κ2) is 10.0. The van der Waals surface area contributed by atoms with Crippen LogP contribution >= 0.6 is 0 Å². The smallest absolute Gasteiger partial charge is 0.0945 e. The van der Waals surface area contributed by atoms with Gasteiger partial charge in [0.15, 0.2) is 0 Å². The average molecular weight is 293 g/mol. The molecular formula is C19H36N2. The number of unbranched alkanes of at least 4 members (excludes halogenated alkanes) is 7. The van der Waals surface area contributed by atoms with Crippen LogP contribution in [0.5, 0.6) is 0 Å². The van der Waals surface area contributed by atoms with Crippen LogP contribution in [0.4, 0.5) is 0 Å². The van der Waals surface area contributed by atoms with Gasteiger partial charge >= 0.3 is 0 Å². The molecule has 0 spiro atoms. The van der Waals surface area contributed by atoms with E-state index in [0.717, 1.165) is 0 Å². The minimum absolute atomic E-state index is 0.311. The molecular weight excluding hydrogens is 256 g/mol. The van der Waals surface area contributed by atoms with Crippen LogP contribution in [0.3, 0.4) is 0 Å². The molecule has 0 amide bonds. The zero-order valence-corrected chi connectivity index (χ0v) is 14.8. The Bertz CT molecular complexity index is 369. The van der Waals surface area contributed by atoms with Crippen LogP contribution in [0, 0.1) is 0 Å². The molecule has 1 aromatic heterocycles. The van der Waals surface area contributed by atoms with E-state index < -0.39 is 0 Å². The van der Waals surface area contributed by atoms with Crippen molar-refractivity contribution in [3.63, 3.8) is 0 Å². The first-order valence-corrected chi connectivity index (χ1v) is 9.11. The van der Waals surface area contributed by atoms with E-state index in [1.807, 2.05) is 6.33 Å². The average Bonchev–Trinajstić information content (AvgIpc) is 2.90. The van der Waals surface area contributed by atoms with Crippen molar-refractivity contribution in [1.82, 2.24) is 9.55 Å². The predicted octanol–water partition coefficient (Wildman–Crippen LogP) is 6.01. The molecule has 1 rings (SSSR count). The fraction of sp³-hybridized carbons (Fsp3) is 0.842. The third kappa shape index (κ3) is 6.23. The third-order valence-electron chi connectivity index (χ3n) is 4.85. The topological polar surface area (TPSA) is 17.8 Å². The molecule has 0 radical (unpaired) electrons. The highest BCUT2D eigenvalue weighted by Crippen LogP contribution is 2.35. The van der Waals surface area contributed by atoms with Crippen molar-refractivity contribution in [1.29, 1.82) is 0 Å². The molecule has 0 N–H and O–H groups in total. The van der Waals surface area contributed by atoms with E-state index in [9.17, 15) is 0 Å². The van der Waals surface area contributed by atoms with Crippen molar-refractivity contribution in [2.24, 2.45) is 7.05 Å². The van der Waals surface area contributed by atoms with Crippen LogP contribution < -0.4 is 0 Å². The van der Waals surface area contributed by atoms with Gasteiger partial charge in [-0.3, -0.25) is 0 Å². The molecule has 0 fully saturated rings. The number of hydrogen-bond acceptors (Lipinski definition) is 1. The second-order valence-electron chi connectivity index (χ2n) is 6.93. The lowest BCUT2D eigenvalue weighted by Gasteiger charge is -2.30. The van der Waals surface area contributed by atoms with E-state index in [0.29, 0.717) is 5.41 Å². The number of imidazole rings is 1. The molecule has 0 aromatic carbocycles. The SMILES string of the molecule is CCCCCCCC(C)(CCCCCC)c1cncn1C. The van der Waals surface area contributed by atoms with Gasteiger partial charge in [-0.1, -0.05) is 78.6 Å². The van der Waals surface area contributed by atoms with Gasteiger partial charge in [0, 0.05) is 24.4 Å². The maximum absolute atomic E-state index is 4.35. The fourth-order valence-electron chi connectivity index (χ4n) is 3.38. The lowest BCUT2D eigenvalue weighted by molar-refractivity contribution is 0.347.